The van der Waals surface area contributed by atoms with E-state index in [2.05, 4.69) is 26.8 Å². The number of ether oxygens (including phenoxy) is 1. The number of aliphatic hydroxyl groups is 1. The third-order valence-corrected chi connectivity index (χ3v) is 4.69. The largest absolute Gasteiger partial charge is 0.396 e. The van der Waals surface area contributed by atoms with Crippen molar-refractivity contribution in [3.8, 4) is 6.07 Å². The summed E-state index contributed by atoms with van der Waals surface area (Å²) >= 11 is 0. The number of hydrogen-bond acceptors (Lipinski definition) is 3. The first-order chi connectivity index (χ1) is 8.49. The Labute approximate surface area is 111 Å². The van der Waals surface area contributed by atoms with Crippen LogP contribution in [0.25, 0.3) is 0 Å². The molecule has 3 nitrogen and oxygen atoms in total. The van der Waals surface area contributed by atoms with Crippen LogP contribution in [0.4, 0.5) is 0 Å². The van der Waals surface area contributed by atoms with Crippen LogP contribution >= 0.6 is 0 Å². The smallest absolute Gasteiger partial charge is 0.154 e. The molecular formula is C15H27NO2. The van der Waals surface area contributed by atoms with E-state index in [-0.39, 0.29) is 6.61 Å². The molecule has 1 aliphatic rings. The molecule has 0 unspecified atom stereocenters. The Morgan fingerprint density at radius 2 is 2.00 bits per heavy atom. The van der Waals surface area contributed by atoms with Crippen LogP contribution in [0.2, 0.25) is 0 Å². The number of nitrogens with zero attached hydrogens (tertiary/aromatic N) is 1. The van der Waals surface area contributed by atoms with Crippen molar-refractivity contribution in [3.05, 3.63) is 0 Å². The summed E-state index contributed by atoms with van der Waals surface area (Å²) in [7, 11) is 0. The molecule has 18 heavy (non-hydrogen) atoms. The summed E-state index contributed by atoms with van der Waals surface area (Å²) in [5, 5.41) is 18.1. The third-order valence-electron chi connectivity index (χ3n) is 4.69. The first-order valence-electron chi connectivity index (χ1n) is 7.16. The van der Waals surface area contributed by atoms with Gasteiger partial charge in [0.25, 0.3) is 0 Å². The van der Waals surface area contributed by atoms with E-state index in [0.717, 1.165) is 25.7 Å². The van der Waals surface area contributed by atoms with E-state index in [9.17, 15) is 5.26 Å². The summed E-state index contributed by atoms with van der Waals surface area (Å²) in [6.45, 7) is 7.51. The van der Waals surface area contributed by atoms with Crippen molar-refractivity contribution in [2.75, 3.05) is 13.2 Å². The van der Waals surface area contributed by atoms with Gasteiger partial charge in [-0.2, -0.15) is 5.26 Å². The van der Waals surface area contributed by atoms with Gasteiger partial charge in [-0.1, -0.05) is 27.2 Å². The van der Waals surface area contributed by atoms with E-state index in [1.54, 1.807) is 0 Å². The van der Waals surface area contributed by atoms with Crippen molar-refractivity contribution >= 4 is 0 Å². The molecule has 0 amide bonds. The van der Waals surface area contributed by atoms with Crippen LogP contribution in [0.5, 0.6) is 0 Å². The zero-order chi connectivity index (χ0) is 13.6. The molecule has 0 bridgehead atoms. The van der Waals surface area contributed by atoms with Crippen LogP contribution in [-0.2, 0) is 4.74 Å². The number of nitriles is 1. The van der Waals surface area contributed by atoms with E-state index in [0.29, 0.717) is 24.4 Å². The van der Waals surface area contributed by atoms with Crippen LogP contribution in [0.1, 0.15) is 59.3 Å². The molecule has 0 atom stereocenters. The molecule has 0 aliphatic heterocycles. The van der Waals surface area contributed by atoms with Crippen LogP contribution in [0.3, 0.4) is 0 Å². The maximum atomic E-state index is 9.35. The predicted octanol–water partition coefficient (Wildman–Crippen LogP) is 3.27. The Morgan fingerprint density at radius 1 is 1.39 bits per heavy atom. The SMILES string of the molecule is CCC(C)(C)C1CCC(C#N)(OCCCO)CC1. The first-order valence-corrected chi connectivity index (χ1v) is 7.16. The van der Waals surface area contributed by atoms with E-state index in [1.165, 1.54) is 6.42 Å². The average Bonchev–Trinajstić information content (AvgIpc) is 2.39. The van der Waals surface area contributed by atoms with Gasteiger partial charge in [0.1, 0.15) is 0 Å². The lowest BCUT2D eigenvalue weighted by atomic mass is 9.66. The maximum Gasteiger partial charge on any atom is 0.154 e. The van der Waals surface area contributed by atoms with Crippen molar-refractivity contribution in [1.82, 2.24) is 0 Å². The van der Waals surface area contributed by atoms with Gasteiger partial charge in [-0.15, -0.1) is 0 Å². The van der Waals surface area contributed by atoms with Crippen LogP contribution < -0.4 is 0 Å². The molecule has 1 rings (SSSR count). The highest BCUT2D eigenvalue weighted by atomic mass is 16.5. The highest BCUT2D eigenvalue weighted by Gasteiger charge is 2.40. The fourth-order valence-corrected chi connectivity index (χ4v) is 2.77. The minimum Gasteiger partial charge on any atom is -0.396 e. The Balaban J connectivity index is 2.52. The second-order valence-electron chi connectivity index (χ2n) is 6.15. The fourth-order valence-electron chi connectivity index (χ4n) is 2.77. The molecule has 3 heteroatoms. The molecule has 0 aromatic carbocycles. The van der Waals surface area contributed by atoms with Crippen LogP contribution in [0.15, 0.2) is 0 Å². The highest BCUT2D eigenvalue weighted by Crippen LogP contribution is 2.44. The number of hydrogen-bond donors (Lipinski definition) is 1. The molecule has 1 N–H and O–H groups in total. The Kier molecular flexibility index (Phi) is 5.62. The molecule has 0 heterocycles. The average molecular weight is 253 g/mol. The quantitative estimate of drug-likeness (QED) is 0.739. The summed E-state index contributed by atoms with van der Waals surface area (Å²) in [5.41, 5.74) is -0.220. The molecule has 0 spiro atoms. The fraction of sp³-hybridized carbons (Fsp3) is 0.933. The van der Waals surface area contributed by atoms with Crippen LogP contribution in [-0.4, -0.2) is 23.9 Å². The topological polar surface area (TPSA) is 53.2 Å². The molecule has 1 aliphatic carbocycles. The minimum atomic E-state index is -0.588. The highest BCUT2D eigenvalue weighted by molar-refractivity contribution is 5.05. The van der Waals surface area contributed by atoms with Gasteiger partial charge >= 0.3 is 0 Å². The lowest BCUT2D eigenvalue weighted by Gasteiger charge is -2.41. The molecule has 0 saturated heterocycles. The Bertz CT molecular complexity index is 285. The number of aliphatic hydroxyl groups excluding tert-OH is 1. The Morgan fingerprint density at radius 3 is 2.44 bits per heavy atom. The van der Waals surface area contributed by atoms with Crippen molar-refractivity contribution in [2.45, 2.75) is 64.9 Å². The van der Waals surface area contributed by atoms with Gasteiger partial charge in [-0.05, 0) is 43.4 Å². The van der Waals surface area contributed by atoms with Gasteiger partial charge in [0.15, 0.2) is 5.60 Å². The summed E-state index contributed by atoms with van der Waals surface area (Å²) in [4.78, 5) is 0. The van der Waals surface area contributed by atoms with Crippen molar-refractivity contribution in [1.29, 1.82) is 5.26 Å². The normalized spacial score (nSPS) is 28.9. The van der Waals surface area contributed by atoms with Gasteiger partial charge in [-0.3, -0.25) is 0 Å². The molecule has 0 aromatic heterocycles. The third kappa shape index (κ3) is 3.70. The lowest BCUT2D eigenvalue weighted by molar-refractivity contribution is -0.0523. The van der Waals surface area contributed by atoms with Gasteiger partial charge in [0.2, 0.25) is 0 Å². The van der Waals surface area contributed by atoms with Gasteiger partial charge in [0, 0.05) is 6.61 Å². The molecule has 0 aromatic rings. The summed E-state index contributed by atoms with van der Waals surface area (Å²) in [6, 6.07) is 2.36. The molecular weight excluding hydrogens is 226 g/mol. The standard InChI is InChI=1S/C15H27NO2/c1-4-14(2,3)13-6-8-15(12-16,9-7-13)18-11-5-10-17/h13,17H,4-11H2,1-3H3. The van der Waals surface area contributed by atoms with Gasteiger partial charge in [-0.25, -0.2) is 0 Å². The minimum absolute atomic E-state index is 0.132. The summed E-state index contributed by atoms with van der Waals surface area (Å²) in [5.74, 6) is 0.699. The van der Waals surface area contributed by atoms with E-state index in [1.807, 2.05) is 0 Å². The van der Waals surface area contributed by atoms with Crippen LogP contribution in [0, 0.1) is 22.7 Å². The van der Waals surface area contributed by atoms with E-state index in [4.69, 9.17) is 9.84 Å². The summed E-state index contributed by atoms with van der Waals surface area (Å²) in [6.07, 6.45) is 5.63. The lowest BCUT2D eigenvalue weighted by Crippen LogP contribution is -2.39. The molecule has 104 valence electrons. The van der Waals surface area contributed by atoms with Gasteiger partial charge < -0.3 is 9.84 Å². The van der Waals surface area contributed by atoms with Crippen molar-refractivity contribution in [3.63, 3.8) is 0 Å². The van der Waals surface area contributed by atoms with Crippen molar-refractivity contribution in [2.24, 2.45) is 11.3 Å². The van der Waals surface area contributed by atoms with E-state index >= 15 is 0 Å². The number of rotatable bonds is 6. The maximum absolute atomic E-state index is 9.35. The zero-order valence-electron chi connectivity index (χ0n) is 12.0. The second kappa shape index (κ2) is 6.54. The Hall–Kier alpha value is -0.590. The summed E-state index contributed by atoms with van der Waals surface area (Å²) < 4.78 is 5.73. The van der Waals surface area contributed by atoms with Crippen molar-refractivity contribution < 1.29 is 9.84 Å². The molecule has 1 saturated carbocycles. The molecule has 0 radical (unpaired) electrons. The monoisotopic (exact) mass is 253 g/mol. The molecule has 1 fully saturated rings. The second-order valence-corrected chi connectivity index (χ2v) is 6.15. The first kappa shape index (κ1) is 15.5. The predicted molar refractivity (Wildman–Crippen MR) is 72.0 cm³/mol. The van der Waals surface area contributed by atoms with Gasteiger partial charge in [0.05, 0.1) is 12.7 Å². The van der Waals surface area contributed by atoms with E-state index < -0.39 is 5.60 Å². The zero-order valence-corrected chi connectivity index (χ0v) is 12.0.